The zero-order valence-electron chi connectivity index (χ0n) is 20.4. The third kappa shape index (κ3) is 3.66. The summed E-state index contributed by atoms with van der Waals surface area (Å²) in [4.78, 5) is 33.5. The van der Waals surface area contributed by atoms with Crippen LogP contribution in [0.3, 0.4) is 0 Å². The van der Waals surface area contributed by atoms with E-state index in [1.807, 2.05) is 19.9 Å². The molecule has 184 valence electrons. The Kier molecular flexibility index (Phi) is 5.88. The van der Waals surface area contributed by atoms with Gasteiger partial charge in [-0.05, 0) is 50.2 Å². The molecule has 5 rings (SSSR count). The van der Waals surface area contributed by atoms with Gasteiger partial charge in [-0.2, -0.15) is 0 Å². The number of fused-ring (bicyclic) bond motifs is 2. The number of benzene rings is 3. The lowest BCUT2D eigenvalue weighted by atomic mass is 9.74. The van der Waals surface area contributed by atoms with Crippen LogP contribution in [0.1, 0.15) is 35.3 Å². The first-order valence-electron chi connectivity index (χ1n) is 11.6. The van der Waals surface area contributed by atoms with Crippen molar-refractivity contribution in [1.29, 1.82) is 0 Å². The van der Waals surface area contributed by atoms with Gasteiger partial charge in [-0.3, -0.25) is 9.59 Å². The Morgan fingerprint density at radius 3 is 2.56 bits per heavy atom. The summed E-state index contributed by atoms with van der Waals surface area (Å²) in [5.74, 6) is -0.261. The largest absolute Gasteiger partial charge is 0.497 e. The summed E-state index contributed by atoms with van der Waals surface area (Å²) in [7, 11) is 3.07. The van der Waals surface area contributed by atoms with Crippen molar-refractivity contribution >= 4 is 23.1 Å². The highest BCUT2D eigenvalue weighted by molar-refractivity contribution is 6.25. The van der Waals surface area contributed by atoms with Crippen LogP contribution in [0.5, 0.6) is 17.2 Å². The highest BCUT2D eigenvalue weighted by Crippen LogP contribution is 2.50. The number of hydrogen-bond acceptors (Lipinski definition) is 7. The molecule has 2 aliphatic rings. The number of ketones is 1. The molecule has 0 radical (unpaired) electrons. The number of nitrogens with zero attached hydrogens (tertiary/aromatic N) is 1. The van der Waals surface area contributed by atoms with Gasteiger partial charge in [0.15, 0.2) is 17.3 Å². The number of carbonyl (C=O) groups excluding carboxylic acids is 2. The lowest BCUT2D eigenvalue weighted by molar-refractivity contribution is -0.140. The van der Waals surface area contributed by atoms with Gasteiger partial charge < -0.3 is 24.4 Å². The number of hydrogen-bond donors (Lipinski definition) is 1. The van der Waals surface area contributed by atoms with Gasteiger partial charge in [-0.1, -0.05) is 35.5 Å². The number of oxime groups is 1. The van der Waals surface area contributed by atoms with Crippen molar-refractivity contribution < 1.29 is 28.6 Å². The fourth-order valence-corrected chi connectivity index (χ4v) is 4.70. The predicted octanol–water partition coefficient (Wildman–Crippen LogP) is 4.57. The molecule has 8 nitrogen and oxygen atoms in total. The molecule has 0 unspecified atom stereocenters. The number of nitrogens with one attached hydrogen (secondary N) is 1. The molecule has 36 heavy (non-hydrogen) atoms. The summed E-state index contributed by atoms with van der Waals surface area (Å²) in [6, 6.07) is 19.3. The molecular formula is C28H26N2O6. The Morgan fingerprint density at radius 2 is 1.81 bits per heavy atom. The van der Waals surface area contributed by atoms with Crippen LogP contribution in [0, 0.1) is 5.92 Å². The monoisotopic (exact) mass is 486 g/mol. The van der Waals surface area contributed by atoms with Crippen molar-refractivity contribution in [2.24, 2.45) is 11.1 Å². The highest BCUT2D eigenvalue weighted by atomic mass is 16.7. The quantitative estimate of drug-likeness (QED) is 0.492. The van der Waals surface area contributed by atoms with Gasteiger partial charge in [0.25, 0.3) is 11.5 Å². The van der Waals surface area contributed by atoms with Crippen LogP contribution in [0.4, 0.5) is 5.69 Å². The smallest absolute Gasteiger partial charge is 0.277 e. The van der Waals surface area contributed by atoms with Gasteiger partial charge >= 0.3 is 0 Å². The SMILES string of the molecule is COc1cccc(C(=O)[C@H]2C(c3ccc(OC(C)C)c(OC)c3)=NO[C@@]23C(=O)Nc2ccccc23)c1. The fourth-order valence-electron chi connectivity index (χ4n) is 4.70. The summed E-state index contributed by atoms with van der Waals surface area (Å²) in [6.07, 6.45) is -0.0544. The highest BCUT2D eigenvalue weighted by Gasteiger charge is 2.63. The van der Waals surface area contributed by atoms with Crippen molar-refractivity contribution in [3.8, 4) is 17.2 Å². The summed E-state index contributed by atoms with van der Waals surface area (Å²) in [5.41, 5.74) is 0.775. The van der Waals surface area contributed by atoms with E-state index in [2.05, 4.69) is 10.5 Å². The summed E-state index contributed by atoms with van der Waals surface area (Å²) in [6.45, 7) is 3.84. The maximum atomic E-state index is 14.1. The van der Waals surface area contributed by atoms with Gasteiger partial charge in [0.1, 0.15) is 17.4 Å². The Morgan fingerprint density at radius 1 is 1.00 bits per heavy atom. The average molecular weight is 487 g/mol. The van der Waals surface area contributed by atoms with Gasteiger partial charge in [0.2, 0.25) is 0 Å². The topological polar surface area (TPSA) is 95.5 Å². The third-order valence-electron chi connectivity index (χ3n) is 6.32. The van der Waals surface area contributed by atoms with Crippen LogP contribution in [-0.4, -0.2) is 37.7 Å². The molecule has 1 spiro atoms. The van der Waals surface area contributed by atoms with Crippen molar-refractivity contribution in [3.63, 3.8) is 0 Å². The van der Waals surface area contributed by atoms with E-state index in [4.69, 9.17) is 19.0 Å². The minimum atomic E-state index is -1.65. The zero-order chi connectivity index (χ0) is 25.4. The van der Waals surface area contributed by atoms with Crippen molar-refractivity contribution in [3.05, 3.63) is 83.4 Å². The fraction of sp³-hybridized carbons (Fsp3) is 0.250. The second-order valence-electron chi connectivity index (χ2n) is 8.86. The number of amides is 1. The van der Waals surface area contributed by atoms with Gasteiger partial charge in [0, 0.05) is 22.4 Å². The number of anilines is 1. The van der Waals surface area contributed by atoms with Crippen LogP contribution >= 0.6 is 0 Å². The normalized spacial score (nSPS) is 20.0. The van der Waals surface area contributed by atoms with E-state index >= 15 is 0 Å². The molecule has 0 aliphatic carbocycles. The second-order valence-corrected chi connectivity index (χ2v) is 8.86. The number of para-hydroxylation sites is 1. The summed E-state index contributed by atoms with van der Waals surface area (Å²) >= 11 is 0. The van der Waals surface area contributed by atoms with Crippen LogP contribution in [0.2, 0.25) is 0 Å². The molecule has 0 bridgehead atoms. The predicted molar refractivity (Wildman–Crippen MR) is 134 cm³/mol. The van der Waals surface area contributed by atoms with Crippen LogP contribution in [-0.2, 0) is 15.2 Å². The molecule has 2 aliphatic heterocycles. The molecule has 1 N–H and O–H groups in total. The Labute approximate surface area is 208 Å². The third-order valence-corrected chi connectivity index (χ3v) is 6.32. The molecule has 0 saturated heterocycles. The Bertz CT molecular complexity index is 1380. The number of carbonyl (C=O) groups is 2. The van der Waals surface area contributed by atoms with Crippen LogP contribution in [0.15, 0.2) is 71.9 Å². The molecule has 0 aromatic heterocycles. The molecule has 3 aromatic rings. The molecule has 8 heteroatoms. The van der Waals surface area contributed by atoms with Crippen molar-refractivity contribution in [2.45, 2.75) is 25.6 Å². The molecule has 0 fully saturated rings. The van der Waals surface area contributed by atoms with E-state index in [1.54, 1.807) is 67.8 Å². The van der Waals surface area contributed by atoms with E-state index in [1.165, 1.54) is 7.11 Å². The first-order valence-corrected chi connectivity index (χ1v) is 11.6. The molecule has 1 amide bonds. The van der Waals surface area contributed by atoms with E-state index < -0.39 is 17.4 Å². The van der Waals surface area contributed by atoms with Crippen molar-refractivity contribution in [2.75, 3.05) is 19.5 Å². The van der Waals surface area contributed by atoms with Gasteiger partial charge in [-0.25, -0.2) is 0 Å². The van der Waals surface area contributed by atoms with Gasteiger partial charge in [-0.15, -0.1) is 0 Å². The first kappa shape index (κ1) is 23.4. The molecule has 2 heterocycles. The maximum Gasteiger partial charge on any atom is 0.277 e. The van der Waals surface area contributed by atoms with E-state index in [-0.39, 0.29) is 11.9 Å². The average Bonchev–Trinajstić information content (AvgIpc) is 3.42. The standard InChI is InChI=1S/C28H26N2O6/c1-16(2)35-22-13-12-17(15-23(22)34-4)25-24(26(31)18-8-7-9-19(14-18)33-3)28(36-30-25)20-10-5-6-11-21(20)29-27(28)32/h5-16,24H,1-4H3,(H,29,32)/t24-,28-/m1/s1. The summed E-state index contributed by atoms with van der Waals surface area (Å²) < 4.78 is 16.7. The zero-order valence-corrected chi connectivity index (χ0v) is 20.4. The number of Topliss-reactive ketones (excluding diaryl/α,β-unsaturated/α-hetero) is 1. The van der Waals surface area contributed by atoms with Crippen molar-refractivity contribution in [1.82, 2.24) is 0 Å². The number of ether oxygens (including phenoxy) is 3. The van der Waals surface area contributed by atoms with E-state index in [9.17, 15) is 9.59 Å². The van der Waals surface area contributed by atoms with E-state index in [0.29, 0.717) is 45.3 Å². The number of rotatable bonds is 7. The van der Waals surface area contributed by atoms with E-state index in [0.717, 1.165) is 0 Å². The maximum absolute atomic E-state index is 14.1. The number of methoxy groups -OCH3 is 2. The molecule has 0 saturated carbocycles. The lowest BCUT2D eigenvalue weighted by Crippen LogP contribution is -2.46. The lowest BCUT2D eigenvalue weighted by Gasteiger charge is -2.27. The van der Waals surface area contributed by atoms with Crippen LogP contribution < -0.4 is 19.5 Å². The second kappa shape index (κ2) is 9.03. The Hall–Kier alpha value is -4.33. The van der Waals surface area contributed by atoms with Gasteiger partial charge in [0.05, 0.1) is 20.3 Å². The minimum absolute atomic E-state index is 0.0544. The molecule has 3 aromatic carbocycles. The van der Waals surface area contributed by atoms with Crippen LogP contribution in [0.25, 0.3) is 0 Å². The Balaban J connectivity index is 1.66. The minimum Gasteiger partial charge on any atom is -0.497 e. The first-order chi connectivity index (χ1) is 17.4. The molecule has 2 atom stereocenters. The molecular weight excluding hydrogens is 460 g/mol. The summed E-state index contributed by atoms with van der Waals surface area (Å²) in [5, 5.41) is 7.19.